The highest BCUT2D eigenvalue weighted by atomic mass is 16.5. The fourth-order valence-corrected chi connectivity index (χ4v) is 4.20. The number of rotatable bonds is 4. The summed E-state index contributed by atoms with van der Waals surface area (Å²) in [6.07, 6.45) is -0.311. The number of carbonyl (C=O) groups is 2. The zero-order chi connectivity index (χ0) is 19.6. The molecular formula is C21H24N2O4. The summed E-state index contributed by atoms with van der Waals surface area (Å²) in [7, 11) is 6.24. The lowest BCUT2D eigenvalue weighted by atomic mass is 9.85. The lowest BCUT2D eigenvalue weighted by Crippen LogP contribution is -2.59. The van der Waals surface area contributed by atoms with Gasteiger partial charge in [-0.25, -0.2) is 9.59 Å². The number of likely N-dealkylation sites (N-methyl/N-ethyl adjacent to an activating group) is 2. The average Bonchev–Trinajstić information content (AvgIpc) is 2.95. The third-order valence-corrected chi connectivity index (χ3v) is 5.32. The van der Waals surface area contributed by atoms with E-state index in [0.29, 0.717) is 0 Å². The van der Waals surface area contributed by atoms with E-state index >= 15 is 0 Å². The second-order valence-corrected chi connectivity index (χ2v) is 6.62. The lowest BCUT2D eigenvalue weighted by Gasteiger charge is -2.35. The van der Waals surface area contributed by atoms with Crippen molar-refractivity contribution in [3.05, 3.63) is 71.8 Å². The smallest absolute Gasteiger partial charge is 0.340 e. The van der Waals surface area contributed by atoms with E-state index in [1.807, 2.05) is 72.6 Å². The normalized spacial score (nSPS) is 22.4. The number of hydrogen-bond acceptors (Lipinski definition) is 6. The van der Waals surface area contributed by atoms with Gasteiger partial charge < -0.3 is 9.47 Å². The van der Waals surface area contributed by atoms with Crippen LogP contribution in [0.5, 0.6) is 0 Å². The minimum absolute atomic E-state index is 0.311. The summed E-state index contributed by atoms with van der Waals surface area (Å²) in [5.74, 6) is -1.29. The molecule has 27 heavy (non-hydrogen) atoms. The predicted molar refractivity (Wildman–Crippen MR) is 101 cm³/mol. The van der Waals surface area contributed by atoms with Crippen LogP contribution in [-0.4, -0.2) is 55.6 Å². The van der Waals surface area contributed by atoms with Crippen LogP contribution in [0.15, 0.2) is 60.7 Å². The van der Waals surface area contributed by atoms with Gasteiger partial charge >= 0.3 is 11.9 Å². The quantitative estimate of drug-likeness (QED) is 0.610. The van der Waals surface area contributed by atoms with Gasteiger partial charge in [0.05, 0.1) is 26.4 Å². The first-order chi connectivity index (χ1) is 13.0. The minimum Gasteiger partial charge on any atom is -0.467 e. The Balaban J connectivity index is 2.26. The summed E-state index contributed by atoms with van der Waals surface area (Å²) in [5.41, 5.74) is 0.180. The molecule has 0 bridgehead atoms. The number of benzene rings is 2. The number of esters is 2. The summed E-state index contributed by atoms with van der Waals surface area (Å²) < 4.78 is 10.2. The van der Waals surface area contributed by atoms with E-state index in [-0.39, 0.29) is 6.17 Å². The van der Waals surface area contributed by atoms with Crippen LogP contribution in [-0.2, 0) is 19.1 Å². The van der Waals surface area contributed by atoms with Crippen LogP contribution in [0.4, 0.5) is 0 Å². The first kappa shape index (κ1) is 19.1. The van der Waals surface area contributed by atoms with Gasteiger partial charge in [-0.15, -0.1) is 0 Å². The Kier molecular flexibility index (Phi) is 5.30. The number of ether oxygens (including phenoxy) is 2. The Morgan fingerprint density at radius 2 is 1.26 bits per heavy atom. The molecule has 1 fully saturated rings. The standard InChI is InChI=1S/C21H24N2O4/c1-22-17(15-11-7-5-8-12-15)21(19(24)26-3,20(25)27-4)23(2)18(22)16-13-9-6-10-14-16/h5-14,17-18H,1-4H3/t17-,18-/m1/s1. The maximum Gasteiger partial charge on any atom is 0.340 e. The molecule has 2 aromatic rings. The van der Waals surface area contributed by atoms with E-state index in [0.717, 1.165) is 11.1 Å². The third kappa shape index (κ3) is 2.81. The van der Waals surface area contributed by atoms with Crippen molar-refractivity contribution in [2.45, 2.75) is 17.7 Å². The lowest BCUT2D eigenvalue weighted by molar-refractivity contribution is -0.171. The monoisotopic (exact) mass is 368 g/mol. The second-order valence-electron chi connectivity index (χ2n) is 6.62. The molecule has 2 atom stereocenters. The van der Waals surface area contributed by atoms with Crippen molar-refractivity contribution in [3.63, 3.8) is 0 Å². The molecule has 0 aliphatic carbocycles. The van der Waals surface area contributed by atoms with E-state index in [4.69, 9.17) is 9.47 Å². The van der Waals surface area contributed by atoms with Crippen LogP contribution < -0.4 is 0 Å². The second kappa shape index (κ2) is 7.50. The number of carbonyl (C=O) groups excluding carboxylic acids is 2. The molecular weight excluding hydrogens is 344 g/mol. The molecule has 0 spiro atoms. The molecule has 0 unspecified atom stereocenters. The first-order valence-corrected chi connectivity index (χ1v) is 8.71. The van der Waals surface area contributed by atoms with Gasteiger partial charge in [-0.3, -0.25) is 9.80 Å². The van der Waals surface area contributed by atoms with E-state index < -0.39 is 23.5 Å². The van der Waals surface area contributed by atoms with Gasteiger partial charge in [0, 0.05) is 0 Å². The fraction of sp³-hybridized carbons (Fsp3) is 0.333. The number of nitrogens with zero attached hydrogens (tertiary/aromatic N) is 2. The molecule has 6 heteroatoms. The van der Waals surface area contributed by atoms with Crippen molar-refractivity contribution < 1.29 is 19.1 Å². The van der Waals surface area contributed by atoms with Crippen molar-refractivity contribution in [2.75, 3.05) is 28.3 Å². The molecule has 2 aromatic carbocycles. The Hall–Kier alpha value is -2.70. The molecule has 0 N–H and O–H groups in total. The molecule has 6 nitrogen and oxygen atoms in total. The Morgan fingerprint density at radius 1 is 0.815 bits per heavy atom. The van der Waals surface area contributed by atoms with E-state index in [1.165, 1.54) is 14.2 Å². The van der Waals surface area contributed by atoms with Crippen molar-refractivity contribution in [2.24, 2.45) is 0 Å². The van der Waals surface area contributed by atoms with Crippen LogP contribution in [0.3, 0.4) is 0 Å². The van der Waals surface area contributed by atoms with Crippen LogP contribution in [0.25, 0.3) is 0 Å². The summed E-state index contributed by atoms with van der Waals surface area (Å²) in [4.78, 5) is 29.9. The summed E-state index contributed by atoms with van der Waals surface area (Å²) in [6, 6.07) is 18.7. The molecule has 1 saturated heterocycles. The molecule has 1 aliphatic heterocycles. The van der Waals surface area contributed by atoms with Gasteiger partial charge in [-0.05, 0) is 25.2 Å². The first-order valence-electron chi connectivity index (χ1n) is 8.71. The molecule has 1 heterocycles. The predicted octanol–water partition coefficient (Wildman–Crippen LogP) is 2.39. The van der Waals surface area contributed by atoms with Crippen molar-refractivity contribution in [3.8, 4) is 0 Å². The van der Waals surface area contributed by atoms with Gasteiger partial charge in [0.2, 0.25) is 5.54 Å². The summed E-state index contributed by atoms with van der Waals surface area (Å²) >= 11 is 0. The SMILES string of the molecule is COC(=O)C1(C(=O)OC)[C@@H](c2ccccc2)N(C)[C@@H](c2ccccc2)N1C. The Morgan fingerprint density at radius 3 is 1.70 bits per heavy atom. The summed E-state index contributed by atoms with van der Waals surface area (Å²) in [6.45, 7) is 0. The number of hydrogen-bond donors (Lipinski definition) is 0. The molecule has 0 aromatic heterocycles. The molecule has 142 valence electrons. The Bertz CT molecular complexity index is 793. The Labute approximate surface area is 159 Å². The van der Waals surface area contributed by atoms with Gasteiger partial charge in [0.15, 0.2) is 0 Å². The zero-order valence-electron chi connectivity index (χ0n) is 16.0. The van der Waals surface area contributed by atoms with Crippen molar-refractivity contribution >= 4 is 11.9 Å². The fourth-order valence-electron chi connectivity index (χ4n) is 4.20. The van der Waals surface area contributed by atoms with Crippen molar-refractivity contribution in [1.29, 1.82) is 0 Å². The zero-order valence-corrected chi connectivity index (χ0v) is 16.0. The van der Waals surface area contributed by atoms with E-state index in [2.05, 4.69) is 0 Å². The molecule has 3 rings (SSSR count). The number of methoxy groups -OCH3 is 2. The van der Waals surface area contributed by atoms with Crippen LogP contribution in [0.2, 0.25) is 0 Å². The highest BCUT2D eigenvalue weighted by Gasteiger charge is 2.67. The van der Waals surface area contributed by atoms with Gasteiger partial charge in [-0.2, -0.15) is 0 Å². The van der Waals surface area contributed by atoms with Crippen molar-refractivity contribution in [1.82, 2.24) is 9.80 Å². The maximum atomic E-state index is 13.1. The van der Waals surface area contributed by atoms with Crippen LogP contribution >= 0.6 is 0 Å². The van der Waals surface area contributed by atoms with Crippen LogP contribution in [0, 0.1) is 0 Å². The average molecular weight is 368 g/mol. The van der Waals surface area contributed by atoms with Gasteiger partial charge in [0.1, 0.15) is 0 Å². The third-order valence-electron chi connectivity index (χ3n) is 5.32. The van der Waals surface area contributed by atoms with E-state index in [9.17, 15) is 9.59 Å². The maximum absolute atomic E-state index is 13.1. The summed E-state index contributed by atoms with van der Waals surface area (Å²) in [5, 5.41) is 0. The highest BCUT2D eigenvalue weighted by Crippen LogP contribution is 2.50. The largest absolute Gasteiger partial charge is 0.467 e. The van der Waals surface area contributed by atoms with Crippen LogP contribution in [0.1, 0.15) is 23.3 Å². The molecule has 0 saturated carbocycles. The minimum atomic E-state index is -1.62. The van der Waals surface area contributed by atoms with Gasteiger partial charge in [-0.1, -0.05) is 60.7 Å². The topological polar surface area (TPSA) is 59.1 Å². The van der Waals surface area contributed by atoms with Gasteiger partial charge in [0.25, 0.3) is 0 Å². The molecule has 0 radical (unpaired) electrons. The highest BCUT2D eigenvalue weighted by molar-refractivity contribution is 6.06. The molecule has 1 aliphatic rings. The molecule has 0 amide bonds. The van der Waals surface area contributed by atoms with E-state index in [1.54, 1.807) is 11.9 Å².